The van der Waals surface area contributed by atoms with Gasteiger partial charge in [-0.05, 0) is 108 Å². The normalized spacial score (nSPS) is 15.0. The van der Waals surface area contributed by atoms with Gasteiger partial charge in [-0.2, -0.15) is 14.8 Å². The second kappa shape index (κ2) is 20.1. The van der Waals surface area contributed by atoms with Gasteiger partial charge in [0, 0.05) is 33.0 Å². The monoisotopic (exact) mass is 927 g/mol. The van der Waals surface area contributed by atoms with Crippen molar-refractivity contribution < 1.29 is 23.8 Å². The number of carbonyl (C=O) groups excluding carboxylic acids is 2. The summed E-state index contributed by atoms with van der Waals surface area (Å²) in [7, 11) is 1.61. The van der Waals surface area contributed by atoms with Crippen LogP contribution in [0.2, 0.25) is 5.02 Å². The summed E-state index contributed by atoms with van der Waals surface area (Å²) < 4.78 is 20.5. The summed E-state index contributed by atoms with van der Waals surface area (Å²) in [5.41, 5.74) is 6.44. The van der Waals surface area contributed by atoms with E-state index in [9.17, 15) is 9.59 Å². The van der Waals surface area contributed by atoms with E-state index in [1.807, 2.05) is 81.4 Å². The van der Waals surface area contributed by atoms with E-state index in [0.29, 0.717) is 56.5 Å². The Morgan fingerprint density at radius 1 is 0.879 bits per heavy atom. The second-order valence-corrected chi connectivity index (χ2v) is 19.5. The van der Waals surface area contributed by atoms with Gasteiger partial charge in [-0.25, -0.2) is 0 Å². The first-order valence-electron chi connectivity index (χ1n) is 22.3. The Kier molecular flexibility index (Phi) is 14.6. The summed E-state index contributed by atoms with van der Waals surface area (Å²) in [6, 6.07) is 33.9. The number of nitrogens with zero attached hydrogens (tertiary/aromatic N) is 6. The molecule has 5 aromatic carbocycles. The third-order valence-electron chi connectivity index (χ3n) is 12.5. The standard InChI is InChI=1S/C52H58ClN7O5S/c1-11-43(64-45-28-24-35(51(6,7)12-2)30-40(45)52(8,9)13-3)48(61)54-41-19-14-15-20-42(41)60-49(62)47(46(56-60)34-22-25-36(53)26-23-34)65-44-27-21-32(4)29-39(44)33(5)66-50-55-57-58-59(50)37-17-16-18-38(31-37)63-10/h14-31,33,43,47H,11-13H2,1-10H3,(H,54,61). The molecule has 3 unspecified atom stereocenters. The van der Waals surface area contributed by atoms with E-state index < -0.39 is 18.1 Å². The van der Waals surface area contributed by atoms with Crippen LogP contribution in [0, 0.1) is 6.92 Å². The van der Waals surface area contributed by atoms with E-state index in [1.54, 1.807) is 48.2 Å². The number of thioether (sulfide) groups is 1. The Balaban J connectivity index is 1.18. The quantitative estimate of drug-likeness (QED) is 0.0836. The van der Waals surface area contributed by atoms with Gasteiger partial charge in [0.2, 0.25) is 11.3 Å². The van der Waals surface area contributed by atoms with Crippen LogP contribution in [-0.4, -0.2) is 57.1 Å². The number of anilines is 2. The number of aryl methyl sites for hydroxylation is 1. The Labute approximate surface area is 397 Å². The molecule has 66 heavy (non-hydrogen) atoms. The van der Waals surface area contributed by atoms with E-state index in [-0.39, 0.29) is 22.0 Å². The van der Waals surface area contributed by atoms with E-state index in [2.05, 4.69) is 74.5 Å². The number of carbonyl (C=O) groups is 2. The lowest BCUT2D eigenvalue weighted by molar-refractivity contribution is -0.123. The van der Waals surface area contributed by atoms with Crippen LogP contribution in [0.5, 0.6) is 17.2 Å². The Morgan fingerprint density at radius 3 is 2.32 bits per heavy atom. The number of hydrogen-bond acceptors (Lipinski definition) is 10. The average Bonchev–Trinajstić information content (AvgIpc) is 3.92. The lowest BCUT2D eigenvalue weighted by Crippen LogP contribution is -2.38. The molecule has 344 valence electrons. The highest BCUT2D eigenvalue weighted by atomic mass is 35.5. The lowest BCUT2D eigenvalue weighted by Gasteiger charge is -2.31. The van der Waals surface area contributed by atoms with Crippen LogP contribution >= 0.6 is 23.4 Å². The summed E-state index contributed by atoms with van der Waals surface area (Å²) >= 11 is 7.78. The Morgan fingerprint density at radius 2 is 1.61 bits per heavy atom. The maximum atomic E-state index is 14.8. The molecule has 1 aromatic heterocycles. The van der Waals surface area contributed by atoms with E-state index in [1.165, 1.54) is 22.3 Å². The third kappa shape index (κ3) is 10.3. The van der Waals surface area contributed by atoms with Gasteiger partial charge < -0.3 is 19.5 Å². The lowest BCUT2D eigenvalue weighted by atomic mass is 9.76. The Hall–Kier alpha value is -6.18. The summed E-state index contributed by atoms with van der Waals surface area (Å²) in [6.45, 7) is 19.2. The number of rotatable bonds is 18. The number of tetrazole rings is 1. The number of benzene rings is 5. The van der Waals surface area contributed by atoms with Gasteiger partial charge in [0.1, 0.15) is 23.0 Å². The number of para-hydroxylation sites is 2. The molecule has 2 amide bonds. The SMILES string of the molecule is CCC(Oc1ccc(C(C)(C)CC)cc1C(C)(C)CC)C(=O)Nc1ccccc1N1N=C(c2ccc(Cl)cc2)C(Oc2ccc(C)cc2C(C)Sc2nnnn2-c2cccc(OC)c2)C1=O. The highest BCUT2D eigenvalue weighted by molar-refractivity contribution is 7.99. The first-order valence-corrected chi connectivity index (χ1v) is 23.6. The van der Waals surface area contributed by atoms with Crippen molar-refractivity contribution >= 4 is 52.3 Å². The fourth-order valence-electron chi connectivity index (χ4n) is 7.57. The van der Waals surface area contributed by atoms with Crippen molar-refractivity contribution in [1.29, 1.82) is 0 Å². The molecule has 3 atom stereocenters. The molecule has 0 saturated carbocycles. The van der Waals surface area contributed by atoms with Crippen molar-refractivity contribution in [2.24, 2.45) is 5.10 Å². The molecule has 7 rings (SSSR count). The molecule has 12 nitrogen and oxygen atoms in total. The highest BCUT2D eigenvalue weighted by Crippen LogP contribution is 2.42. The largest absolute Gasteiger partial charge is 0.497 e. The first kappa shape index (κ1) is 47.8. The predicted octanol–water partition coefficient (Wildman–Crippen LogP) is 11.9. The molecule has 6 aromatic rings. The van der Waals surface area contributed by atoms with Gasteiger partial charge in [-0.3, -0.25) is 9.59 Å². The topological polar surface area (TPSA) is 133 Å². The molecule has 0 aliphatic carbocycles. The minimum Gasteiger partial charge on any atom is -0.497 e. The molecule has 0 saturated heterocycles. The predicted molar refractivity (Wildman–Crippen MR) is 264 cm³/mol. The zero-order chi connectivity index (χ0) is 47.3. The van der Waals surface area contributed by atoms with Gasteiger partial charge in [-0.15, -0.1) is 5.10 Å². The van der Waals surface area contributed by atoms with Gasteiger partial charge in [0.15, 0.2) is 6.10 Å². The molecule has 14 heteroatoms. The van der Waals surface area contributed by atoms with Crippen molar-refractivity contribution in [3.8, 4) is 22.9 Å². The van der Waals surface area contributed by atoms with Crippen molar-refractivity contribution in [1.82, 2.24) is 20.2 Å². The molecular formula is C52H58ClN7O5S. The zero-order valence-electron chi connectivity index (χ0n) is 39.3. The fraction of sp³-hybridized carbons (Fsp3) is 0.346. The smallest absolute Gasteiger partial charge is 0.294 e. The van der Waals surface area contributed by atoms with E-state index in [4.69, 9.17) is 30.9 Å². The maximum Gasteiger partial charge on any atom is 0.294 e. The zero-order valence-corrected chi connectivity index (χ0v) is 40.8. The molecule has 2 heterocycles. The number of aromatic nitrogens is 4. The number of methoxy groups -OCH3 is 1. The minimum atomic E-state index is -1.16. The van der Waals surface area contributed by atoms with Crippen LogP contribution < -0.4 is 24.5 Å². The van der Waals surface area contributed by atoms with E-state index >= 15 is 0 Å². The molecule has 0 radical (unpaired) electrons. The molecule has 1 N–H and O–H groups in total. The molecule has 0 fully saturated rings. The number of hydrogen-bond donors (Lipinski definition) is 1. The van der Waals surface area contributed by atoms with Crippen LogP contribution in [-0.2, 0) is 20.4 Å². The fourth-order valence-corrected chi connectivity index (χ4v) is 8.65. The minimum absolute atomic E-state index is 0.0190. The number of ether oxygens (including phenoxy) is 3. The van der Waals surface area contributed by atoms with Gasteiger partial charge in [0.05, 0.1) is 24.2 Å². The van der Waals surface area contributed by atoms with Crippen LogP contribution in [0.1, 0.15) is 108 Å². The molecular weight excluding hydrogens is 870 g/mol. The summed E-state index contributed by atoms with van der Waals surface area (Å²) in [5, 5.41) is 22.7. The Bertz CT molecular complexity index is 2740. The van der Waals surface area contributed by atoms with Crippen LogP contribution in [0.3, 0.4) is 0 Å². The van der Waals surface area contributed by atoms with Crippen LogP contribution in [0.4, 0.5) is 11.4 Å². The highest BCUT2D eigenvalue weighted by Gasteiger charge is 2.41. The van der Waals surface area contributed by atoms with E-state index in [0.717, 1.165) is 35.2 Å². The van der Waals surface area contributed by atoms with Crippen molar-refractivity contribution in [3.05, 3.63) is 142 Å². The average molecular weight is 929 g/mol. The molecule has 1 aliphatic heterocycles. The molecule has 0 spiro atoms. The van der Waals surface area contributed by atoms with Gasteiger partial charge in [0.25, 0.3) is 11.8 Å². The maximum absolute atomic E-state index is 14.8. The van der Waals surface area contributed by atoms with Gasteiger partial charge >= 0.3 is 0 Å². The van der Waals surface area contributed by atoms with Crippen molar-refractivity contribution in [2.75, 3.05) is 17.4 Å². The second-order valence-electron chi connectivity index (χ2n) is 17.7. The van der Waals surface area contributed by atoms with Gasteiger partial charge in [-0.1, -0.05) is 132 Å². The van der Waals surface area contributed by atoms with Crippen molar-refractivity contribution in [2.45, 2.75) is 115 Å². The van der Waals surface area contributed by atoms with Crippen LogP contribution in [0.25, 0.3) is 5.69 Å². The number of amides is 2. The number of halogens is 1. The first-order chi connectivity index (χ1) is 31.6. The van der Waals surface area contributed by atoms with Crippen molar-refractivity contribution in [3.63, 3.8) is 0 Å². The summed E-state index contributed by atoms with van der Waals surface area (Å²) in [6.07, 6.45) is 0.290. The third-order valence-corrected chi connectivity index (χ3v) is 13.8. The molecule has 1 aliphatic rings. The number of nitrogens with one attached hydrogen (secondary N) is 1. The summed E-state index contributed by atoms with van der Waals surface area (Å²) in [4.78, 5) is 29.1. The van der Waals surface area contributed by atoms with Crippen LogP contribution in [0.15, 0.2) is 119 Å². The molecule has 0 bridgehead atoms. The number of hydrazone groups is 1. The summed E-state index contributed by atoms with van der Waals surface area (Å²) in [5.74, 6) is 1.05.